The summed E-state index contributed by atoms with van der Waals surface area (Å²) in [5.41, 5.74) is 0. The number of hydrogen-bond acceptors (Lipinski definition) is 4. The van der Waals surface area contributed by atoms with Crippen LogP contribution >= 0.6 is 12.6 Å². The van der Waals surface area contributed by atoms with Gasteiger partial charge in [-0.1, -0.05) is 31.1 Å². The van der Waals surface area contributed by atoms with Crippen molar-refractivity contribution in [3.8, 4) is 0 Å². The molecule has 0 radical (unpaired) electrons. The van der Waals surface area contributed by atoms with Gasteiger partial charge in [0.2, 0.25) is 0 Å². The van der Waals surface area contributed by atoms with Gasteiger partial charge in [0.25, 0.3) is 6.21 Å². The smallest absolute Gasteiger partial charge is 0.347 e. The van der Waals surface area contributed by atoms with Crippen LogP contribution < -0.4 is 9.98 Å². The van der Waals surface area contributed by atoms with E-state index in [1.807, 2.05) is 6.92 Å². The van der Waals surface area contributed by atoms with Crippen molar-refractivity contribution in [2.24, 2.45) is 11.8 Å². The summed E-state index contributed by atoms with van der Waals surface area (Å²) < 4.78 is 9.95. The molecule has 4 unspecified atom stereocenters. The minimum Gasteiger partial charge on any atom is -0.396 e. The molecule has 1 heterocycles. The van der Waals surface area contributed by atoms with Crippen LogP contribution in [0.5, 0.6) is 0 Å². The maximum Gasteiger partial charge on any atom is 0.347 e. The Kier molecular flexibility index (Phi) is 8.45. The number of nitrogens with one attached hydrogen (secondary N) is 1. The molecule has 6 heteroatoms. The monoisotopic (exact) mass is 303 g/mol. The molecular weight excluding hydrogens is 276 g/mol. The summed E-state index contributed by atoms with van der Waals surface area (Å²) in [6.45, 7) is 6.12. The summed E-state index contributed by atoms with van der Waals surface area (Å²) in [6, 6.07) is 0. The molecule has 0 aromatic heterocycles. The first kappa shape index (κ1) is 17.7. The fourth-order valence-corrected chi connectivity index (χ4v) is 2.27. The molecule has 116 valence electrons. The summed E-state index contributed by atoms with van der Waals surface area (Å²) >= 11 is 4.30. The highest BCUT2D eigenvalue weighted by molar-refractivity contribution is 7.97. The molecule has 0 amide bonds. The van der Waals surface area contributed by atoms with Crippen LogP contribution in [0.1, 0.15) is 26.7 Å². The minimum absolute atomic E-state index is 0.0489. The normalized spacial score (nSPS) is 27.8. The van der Waals surface area contributed by atoms with E-state index in [2.05, 4.69) is 29.5 Å². The Bertz CT molecular complexity index is 345. The van der Waals surface area contributed by atoms with E-state index in [1.54, 1.807) is 6.21 Å². The van der Waals surface area contributed by atoms with E-state index in [-0.39, 0.29) is 24.5 Å². The van der Waals surface area contributed by atoms with Crippen LogP contribution in [-0.4, -0.2) is 60.0 Å². The van der Waals surface area contributed by atoms with Gasteiger partial charge in [-0.15, -0.1) is 0 Å². The van der Waals surface area contributed by atoms with Crippen LogP contribution in [-0.2, 0) is 4.74 Å². The van der Waals surface area contributed by atoms with Crippen LogP contribution in [0.2, 0.25) is 0 Å². The predicted molar refractivity (Wildman–Crippen MR) is 85.5 cm³/mol. The Labute approximate surface area is 126 Å². The number of nitrogens with zero attached hydrogens (tertiary/aromatic N) is 1. The standard InChI is InChI=1S/C14H26N2O3S/c1-3-4-15-7-14(20)16-6-11-9-19-13(5-12(11)18)10(2)8-17/h6,10-13,15,17-18H,3-5,7-9H2,1-2H3/p+1. The van der Waals surface area contributed by atoms with Gasteiger partial charge in [0.1, 0.15) is 12.5 Å². The van der Waals surface area contributed by atoms with Crippen LogP contribution in [0.3, 0.4) is 0 Å². The van der Waals surface area contributed by atoms with E-state index >= 15 is 0 Å². The molecule has 3 N–H and O–H groups in total. The highest BCUT2D eigenvalue weighted by atomic mass is 32.1. The lowest BCUT2D eigenvalue weighted by Crippen LogP contribution is -2.42. The summed E-state index contributed by atoms with van der Waals surface area (Å²) in [4.78, 5) is 0. The third-order valence-corrected chi connectivity index (χ3v) is 3.79. The van der Waals surface area contributed by atoms with Gasteiger partial charge < -0.3 is 20.3 Å². The molecule has 1 fully saturated rings. The van der Waals surface area contributed by atoms with Crippen molar-refractivity contribution < 1.29 is 14.9 Å². The second kappa shape index (κ2) is 9.55. The first-order valence-electron chi connectivity index (χ1n) is 7.28. The number of ether oxygens (including phenoxy) is 1. The zero-order valence-corrected chi connectivity index (χ0v) is 13.2. The fraction of sp³-hybridized carbons (Fsp3) is 0.857. The molecule has 0 saturated carbocycles. The van der Waals surface area contributed by atoms with E-state index in [4.69, 9.17) is 9.84 Å². The topological polar surface area (TPSA) is 75.8 Å². The van der Waals surface area contributed by atoms with Gasteiger partial charge in [0, 0.05) is 18.9 Å². The third kappa shape index (κ3) is 5.95. The number of thiol groups is 1. The summed E-state index contributed by atoms with van der Waals surface area (Å²) in [7, 11) is 0. The van der Waals surface area contributed by atoms with E-state index in [9.17, 15) is 5.11 Å². The van der Waals surface area contributed by atoms with E-state index in [0.717, 1.165) is 13.0 Å². The van der Waals surface area contributed by atoms with E-state index < -0.39 is 6.10 Å². The molecule has 0 aromatic carbocycles. The fourth-order valence-electron chi connectivity index (χ4n) is 2.09. The minimum atomic E-state index is -0.476. The van der Waals surface area contributed by atoms with Crippen molar-refractivity contribution in [3.63, 3.8) is 0 Å². The number of aliphatic hydroxyl groups is 2. The second-order valence-corrected chi connectivity index (χ2v) is 5.89. The molecule has 4 atom stereocenters. The lowest BCUT2D eigenvalue weighted by Gasteiger charge is -2.32. The lowest BCUT2D eigenvalue weighted by atomic mass is 9.90. The Morgan fingerprint density at radius 2 is 2.35 bits per heavy atom. The molecule has 1 rings (SSSR count). The van der Waals surface area contributed by atoms with Crippen molar-refractivity contribution in [1.29, 1.82) is 0 Å². The Hall–Kier alpha value is -0.360. The van der Waals surface area contributed by atoms with Crippen LogP contribution in [0.15, 0.2) is 0 Å². The molecule has 1 aliphatic heterocycles. The summed E-state index contributed by atoms with van der Waals surface area (Å²) in [5.74, 6) is -0.0572. The zero-order valence-electron chi connectivity index (χ0n) is 12.3. The van der Waals surface area contributed by atoms with Gasteiger partial charge in [-0.25, -0.2) is 0 Å². The average Bonchev–Trinajstić information content (AvgIpc) is 2.45. The molecule has 0 aliphatic carbocycles. The molecule has 1 saturated heterocycles. The quantitative estimate of drug-likeness (QED) is 0.173. The maximum absolute atomic E-state index is 10.1. The molecule has 0 spiro atoms. The van der Waals surface area contributed by atoms with Gasteiger partial charge in [0.15, 0.2) is 0 Å². The highest BCUT2D eigenvalue weighted by Gasteiger charge is 2.33. The van der Waals surface area contributed by atoms with E-state index in [0.29, 0.717) is 24.6 Å². The first-order chi connectivity index (χ1) is 9.58. The molecule has 5 nitrogen and oxygen atoms in total. The first-order valence-corrected chi connectivity index (χ1v) is 7.73. The predicted octanol–water partition coefficient (Wildman–Crippen LogP) is -0.153. The number of rotatable bonds is 7. The van der Waals surface area contributed by atoms with Crippen LogP contribution in [0.4, 0.5) is 0 Å². The van der Waals surface area contributed by atoms with Crippen molar-refractivity contribution in [3.05, 3.63) is 0 Å². The number of aliphatic hydroxyl groups excluding tert-OH is 2. The van der Waals surface area contributed by atoms with Crippen LogP contribution in [0.25, 0.3) is 0 Å². The molecule has 0 bridgehead atoms. The van der Waals surface area contributed by atoms with Gasteiger partial charge >= 0.3 is 5.04 Å². The Balaban J connectivity index is 2.47. The second-order valence-electron chi connectivity index (χ2n) is 5.37. The molecule has 20 heavy (non-hydrogen) atoms. The zero-order chi connectivity index (χ0) is 15.0. The van der Waals surface area contributed by atoms with Crippen molar-refractivity contribution >= 4 is 23.9 Å². The van der Waals surface area contributed by atoms with Crippen molar-refractivity contribution in [2.45, 2.75) is 38.9 Å². The molecular formula is C14H27N2O3S+. The molecule has 0 aromatic rings. The van der Waals surface area contributed by atoms with Crippen molar-refractivity contribution in [1.82, 2.24) is 9.98 Å². The third-order valence-electron chi connectivity index (χ3n) is 3.52. The van der Waals surface area contributed by atoms with Gasteiger partial charge in [-0.2, -0.15) is 0 Å². The Morgan fingerprint density at radius 3 is 2.95 bits per heavy atom. The largest absolute Gasteiger partial charge is 0.396 e. The average molecular weight is 303 g/mol. The number of hydrogen-bond donors (Lipinski definition) is 4. The SMILES string of the molecule is CCCNCC(S)=[N+]=CC1COC(C(C)CO)CC1O. The summed E-state index contributed by atoms with van der Waals surface area (Å²) in [5, 5.41) is 23.1. The van der Waals surface area contributed by atoms with Crippen molar-refractivity contribution in [2.75, 3.05) is 26.3 Å². The van der Waals surface area contributed by atoms with Gasteiger partial charge in [0.05, 0.1) is 18.8 Å². The van der Waals surface area contributed by atoms with Gasteiger partial charge in [-0.3, -0.25) is 0 Å². The maximum atomic E-state index is 10.1. The Morgan fingerprint density at radius 1 is 1.60 bits per heavy atom. The van der Waals surface area contributed by atoms with E-state index in [1.165, 1.54) is 0 Å². The molecule has 1 aliphatic rings. The van der Waals surface area contributed by atoms with Crippen LogP contribution in [0, 0.1) is 11.8 Å². The highest BCUT2D eigenvalue weighted by Crippen LogP contribution is 2.23. The summed E-state index contributed by atoms with van der Waals surface area (Å²) in [6.07, 6.45) is 2.78. The van der Waals surface area contributed by atoms with Gasteiger partial charge in [-0.05, 0) is 13.0 Å². The lowest BCUT2D eigenvalue weighted by molar-refractivity contribution is -0.0897.